The highest BCUT2D eigenvalue weighted by Crippen LogP contribution is 2.19. The number of aromatic nitrogens is 4. The average molecular weight is 254 g/mol. The quantitative estimate of drug-likeness (QED) is 0.720. The predicted molar refractivity (Wildman–Crippen MR) is 75.3 cm³/mol. The van der Waals surface area contributed by atoms with Crippen molar-refractivity contribution in [3.8, 4) is 0 Å². The molecule has 0 saturated heterocycles. The number of fused-ring (bicyclic) bond motifs is 1. The van der Waals surface area contributed by atoms with Gasteiger partial charge in [0.25, 0.3) is 0 Å². The van der Waals surface area contributed by atoms with Crippen molar-refractivity contribution in [1.82, 2.24) is 18.9 Å². The van der Waals surface area contributed by atoms with E-state index in [0.29, 0.717) is 5.92 Å². The molecule has 0 N–H and O–H groups in total. The molecule has 0 aliphatic heterocycles. The second-order valence-electron chi connectivity index (χ2n) is 5.23. The van der Waals surface area contributed by atoms with E-state index < -0.39 is 0 Å². The summed E-state index contributed by atoms with van der Waals surface area (Å²) in [5, 5.41) is 0. The Morgan fingerprint density at radius 2 is 2.05 bits per heavy atom. The Kier molecular flexibility index (Phi) is 2.85. The summed E-state index contributed by atoms with van der Waals surface area (Å²) in [6.07, 6.45) is 7.85. The monoisotopic (exact) mass is 254 g/mol. The summed E-state index contributed by atoms with van der Waals surface area (Å²) in [5.74, 6) is 0.486. The van der Waals surface area contributed by atoms with Crippen LogP contribution in [0.1, 0.15) is 36.7 Å². The van der Waals surface area contributed by atoms with Gasteiger partial charge in [0.1, 0.15) is 5.65 Å². The Bertz CT molecular complexity index is 706. The largest absolute Gasteiger partial charge is 0.330 e. The summed E-state index contributed by atoms with van der Waals surface area (Å²) in [7, 11) is 0. The van der Waals surface area contributed by atoms with Crippen LogP contribution >= 0.6 is 0 Å². The van der Waals surface area contributed by atoms with Crippen molar-refractivity contribution in [1.29, 1.82) is 0 Å². The van der Waals surface area contributed by atoms with E-state index in [0.717, 1.165) is 17.9 Å². The molecule has 0 bridgehead atoms. The standard InChI is InChI=1S/C15H18N4/c1-11(2)15-12(3)17-10-19(15)9-13-4-5-14-16-6-7-18(14)8-13/h4-8,10-11H,9H2,1-3H3. The zero-order chi connectivity index (χ0) is 13.4. The lowest BCUT2D eigenvalue weighted by atomic mass is 10.1. The molecule has 19 heavy (non-hydrogen) atoms. The Morgan fingerprint density at radius 3 is 2.84 bits per heavy atom. The lowest BCUT2D eigenvalue weighted by molar-refractivity contribution is 0.686. The smallest absolute Gasteiger partial charge is 0.136 e. The van der Waals surface area contributed by atoms with Crippen LogP contribution in [-0.4, -0.2) is 18.9 Å². The molecule has 4 nitrogen and oxygen atoms in total. The van der Waals surface area contributed by atoms with Crippen LogP contribution in [0.5, 0.6) is 0 Å². The van der Waals surface area contributed by atoms with Crippen molar-refractivity contribution in [3.63, 3.8) is 0 Å². The van der Waals surface area contributed by atoms with E-state index in [-0.39, 0.29) is 0 Å². The zero-order valence-electron chi connectivity index (χ0n) is 11.5. The molecule has 0 aliphatic rings. The van der Waals surface area contributed by atoms with Gasteiger partial charge < -0.3 is 8.97 Å². The van der Waals surface area contributed by atoms with E-state index in [1.54, 1.807) is 0 Å². The van der Waals surface area contributed by atoms with Crippen LogP contribution in [-0.2, 0) is 6.54 Å². The second-order valence-corrected chi connectivity index (χ2v) is 5.23. The van der Waals surface area contributed by atoms with Gasteiger partial charge in [-0.2, -0.15) is 0 Å². The van der Waals surface area contributed by atoms with Crippen LogP contribution in [0, 0.1) is 6.92 Å². The lowest BCUT2D eigenvalue weighted by Gasteiger charge is -2.12. The minimum Gasteiger partial charge on any atom is -0.330 e. The highest BCUT2D eigenvalue weighted by atomic mass is 15.1. The Morgan fingerprint density at radius 1 is 1.21 bits per heavy atom. The van der Waals surface area contributed by atoms with Gasteiger partial charge in [-0.05, 0) is 24.5 Å². The molecule has 0 amide bonds. The number of imidazole rings is 2. The number of nitrogens with zero attached hydrogens (tertiary/aromatic N) is 4. The summed E-state index contributed by atoms with van der Waals surface area (Å²) < 4.78 is 4.28. The molecule has 0 aromatic carbocycles. The van der Waals surface area contributed by atoms with Crippen molar-refractivity contribution in [2.24, 2.45) is 0 Å². The summed E-state index contributed by atoms with van der Waals surface area (Å²) in [6.45, 7) is 7.34. The van der Waals surface area contributed by atoms with E-state index in [1.165, 1.54) is 11.3 Å². The van der Waals surface area contributed by atoms with E-state index in [4.69, 9.17) is 0 Å². The van der Waals surface area contributed by atoms with Crippen LogP contribution in [0.3, 0.4) is 0 Å². The lowest BCUT2D eigenvalue weighted by Crippen LogP contribution is -2.06. The third-order valence-corrected chi connectivity index (χ3v) is 3.42. The number of rotatable bonds is 3. The molecule has 3 heterocycles. The van der Waals surface area contributed by atoms with Gasteiger partial charge in [-0.25, -0.2) is 9.97 Å². The van der Waals surface area contributed by atoms with Gasteiger partial charge in [0.15, 0.2) is 0 Å². The van der Waals surface area contributed by atoms with Gasteiger partial charge in [-0.1, -0.05) is 19.9 Å². The van der Waals surface area contributed by atoms with Crippen LogP contribution < -0.4 is 0 Å². The highest BCUT2D eigenvalue weighted by Gasteiger charge is 2.11. The van der Waals surface area contributed by atoms with E-state index in [1.807, 2.05) is 29.2 Å². The SMILES string of the molecule is Cc1ncn(Cc2ccc3nccn3c2)c1C(C)C. The van der Waals surface area contributed by atoms with E-state index >= 15 is 0 Å². The summed E-state index contributed by atoms with van der Waals surface area (Å²) >= 11 is 0. The predicted octanol–water partition coefficient (Wildman–Crippen LogP) is 3.01. The molecule has 4 heteroatoms. The topological polar surface area (TPSA) is 35.1 Å². The Balaban J connectivity index is 1.96. The Labute approximate surface area is 112 Å². The van der Waals surface area contributed by atoms with Crippen LogP contribution in [0.2, 0.25) is 0 Å². The fourth-order valence-electron chi connectivity index (χ4n) is 2.62. The molecule has 98 valence electrons. The van der Waals surface area contributed by atoms with Crippen molar-refractivity contribution in [2.45, 2.75) is 33.2 Å². The maximum Gasteiger partial charge on any atom is 0.136 e. The van der Waals surface area contributed by atoms with Gasteiger partial charge in [0, 0.05) is 24.3 Å². The zero-order valence-corrected chi connectivity index (χ0v) is 11.5. The first-order valence-electron chi connectivity index (χ1n) is 6.58. The second kappa shape index (κ2) is 4.53. The molecule has 0 saturated carbocycles. The van der Waals surface area contributed by atoms with E-state index in [9.17, 15) is 0 Å². The molecular formula is C15H18N4. The number of aryl methyl sites for hydroxylation is 1. The Hall–Kier alpha value is -2.10. The normalized spacial score (nSPS) is 11.6. The molecule has 0 fully saturated rings. The van der Waals surface area contributed by atoms with Crippen molar-refractivity contribution >= 4 is 5.65 Å². The van der Waals surface area contributed by atoms with Gasteiger partial charge in [0.2, 0.25) is 0 Å². The van der Waals surface area contributed by atoms with Gasteiger partial charge in [-0.15, -0.1) is 0 Å². The number of hydrogen-bond acceptors (Lipinski definition) is 2. The first-order chi connectivity index (χ1) is 9.15. The first kappa shape index (κ1) is 12.0. The summed E-state index contributed by atoms with van der Waals surface area (Å²) in [4.78, 5) is 8.69. The summed E-state index contributed by atoms with van der Waals surface area (Å²) in [6, 6.07) is 4.18. The van der Waals surface area contributed by atoms with Gasteiger partial charge in [0.05, 0.1) is 18.6 Å². The number of hydrogen-bond donors (Lipinski definition) is 0. The maximum absolute atomic E-state index is 4.43. The number of pyridine rings is 1. The highest BCUT2D eigenvalue weighted by molar-refractivity contribution is 5.39. The molecule has 3 rings (SSSR count). The molecule has 0 unspecified atom stereocenters. The molecule has 0 atom stereocenters. The molecule has 3 aromatic heterocycles. The minimum absolute atomic E-state index is 0.486. The molecule has 0 spiro atoms. The minimum atomic E-state index is 0.486. The van der Waals surface area contributed by atoms with E-state index in [2.05, 4.69) is 47.6 Å². The fraction of sp³-hybridized carbons (Fsp3) is 0.333. The van der Waals surface area contributed by atoms with Gasteiger partial charge in [-0.3, -0.25) is 0 Å². The average Bonchev–Trinajstić information content (AvgIpc) is 2.95. The fourth-order valence-corrected chi connectivity index (χ4v) is 2.62. The molecule has 0 radical (unpaired) electrons. The van der Waals surface area contributed by atoms with Crippen LogP contribution in [0.4, 0.5) is 0 Å². The van der Waals surface area contributed by atoms with Crippen molar-refractivity contribution in [2.75, 3.05) is 0 Å². The first-order valence-corrected chi connectivity index (χ1v) is 6.58. The van der Waals surface area contributed by atoms with Crippen LogP contribution in [0.25, 0.3) is 5.65 Å². The molecule has 3 aromatic rings. The van der Waals surface area contributed by atoms with Crippen molar-refractivity contribution in [3.05, 3.63) is 54.0 Å². The van der Waals surface area contributed by atoms with Crippen molar-refractivity contribution < 1.29 is 0 Å². The molecular weight excluding hydrogens is 236 g/mol. The maximum atomic E-state index is 4.43. The van der Waals surface area contributed by atoms with Crippen LogP contribution in [0.15, 0.2) is 37.1 Å². The third-order valence-electron chi connectivity index (χ3n) is 3.42. The van der Waals surface area contributed by atoms with Gasteiger partial charge >= 0.3 is 0 Å². The summed E-state index contributed by atoms with van der Waals surface area (Å²) in [5.41, 5.74) is 4.67. The third kappa shape index (κ3) is 2.14. The molecule has 0 aliphatic carbocycles.